The number of benzene rings is 1. The Labute approximate surface area is 119 Å². The van der Waals surface area contributed by atoms with Gasteiger partial charge in [-0.15, -0.1) is 0 Å². The summed E-state index contributed by atoms with van der Waals surface area (Å²) in [4.78, 5) is 22.9. The van der Waals surface area contributed by atoms with Crippen molar-refractivity contribution in [3.8, 4) is 0 Å². The molecule has 0 spiro atoms. The lowest BCUT2D eigenvalue weighted by Gasteiger charge is -2.12. The molecule has 1 aromatic rings. The molecular weight excluding hydrogens is 254 g/mol. The molecule has 1 aliphatic carbocycles. The number of carboxylic acids is 1. The summed E-state index contributed by atoms with van der Waals surface area (Å²) in [6, 6.07) is 8.03. The molecule has 2 N–H and O–H groups in total. The van der Waals surface area contributed by atoms with E-state index in [1.807, 2.05) is 18.2 Å². The predicted molar refractivity (Wildman–Crippen MR) is 76.4 cm³/mol. The fraction of sp³-hybridized carbons (Fsp3) is 0.500. The first-order valence-electron chi connectivity index (χ1n) is 7.18. The second-order valence-electron chi connectivity index (χ2n) is 5.46. The van der Waals surface area contributed by atoms with E-state index in [4.69, 9.17) is 5.11 Å². The Morgan fingerprint density at radius 3 is 2.70 bits per heavy atom. The molecule has 1 aromatic carbocycles. The van der Waals surface area contributed by atoms with Crippen molar-refractivity contribution >= 4 is 11.9 Å². The molecule has 0 aliphatic heterocycles. The first kappa shape index (κ1) is 14.6. The summed E-state index contributed by atoms with van der Waals surface area (Å²) in [6.45, 7) is 2.09. The first-order valence-corrected chi connectivity index (χ1v) is 7.18. The van der Waals surface area contributed by atoms with Gasteiger partial charge in [-0.3, -0.25) is 9.59 Å². The number of hydrogen-bond donors (Lipinski definition) is 2. The third-order valence-electron chi connectivity index (χ3n) is 3.91. The summed E-state index contributed by atoms with van der Waals surface area (Å²) in [6.07, 6.45) is 3.29. The largest absolute Gasteiger partial charge is 0.481 e. The molecule has 2 rings (SSSR count). The van der Waals surface area contributed by atoms with Gasteiger partial charge in [-0.1, -0.05) is 31.2 Å². The van der Waals surface area contributed by atoms with E-state index in [0.717, 1.165) is 18.4 Å². The fourth-order valence-corrected chi connectivity index (χ4v) is 2.76. The number of nitrogens with one attached hydrogen (secondary N) is 1. The maximum absolute atomic E-state index is 12.0. The molecule has 0 radical (unpaired) electrons. The molecular formula is C16H21NO3. The van der Waals surface area contributed by atoms with Gasteiger partial charge >= 0.3 is 5.97 Å². The van der Waals surface area contributed by atoms with E-state index < -0.39 is 5.97 Å². The molecule has 0 heterocycles. The first-order chi connectivity index (χ1) is 9.58. The standard InChI is InChI=1S/C16H21NO3/c1-2-11-4-3-5-12(8-11)9-15(18)17-14-7-6-13(10-14)16(19)20/h3-5,8,13-14H,2,6-7,9-10H2,1H3,(H,17,18)(H,19,20)/t13-,14+/m0/s1. The second-order valence-corrected chi connectivity index (χ2v) is 5.46. The monoisotopic (exact) mass is 275 g/mol. The number of rotatable bonds is 5. The van der Waals surface area contributed by atoms with E-state index in [1.54, 1.807) is 0 Å². The highest BCUT2D eigenvalue weighted by Crippen LogP contribution is 2.25. The number of hydrogen-bond acceptors (Lipinski definition) is 2. The van der Waals surface area contributed by atoms with Crippen LogP contribution in [-0.4, -0.2) is 23.0 Å². The van der Waals surface area contributed by atoms with E-state index >= 15 is 0 Å². The topological polar surface area (TPSA) is 66.4 Å². The highest BCUT2D eigenvalue weighted by Gasteiger charge is 2.30. The maximum Gasteiger partial charge on any atom is 0.306 e. The minimum absolute atomic E-state index is 0.0120. The number of carbonyl (C=O) groups is 2. The average molecular weight is 275 g/mol. The van der Waals surface area contributed by atoms with Crippen LogP contribution in [0.15, 0.2) is 24.3 Å². The van der Waals surface area contributed by atoms with Crippen molar-refractivity contribution in [2.24, 2.45) is 5.92 Å². The molecule has 4 nitrogen and oxygen atoms in total. The van der Waals surface area contributed by atoms with Gasteiger partial charge in [0.15, 0.2) is 0 Å². The van der Waals surface area contributed by atoms with Crippen LogP contribution in [0.4, 0.5) is 0 Å². The Bertz CT molecular complexity index is 498. The molecule has 0 bridgehead atoms. The predicted octanol–water partition coefficient (Wildman–Crippen LogP) is 2.16. The van der Waals surface area contributed by atoms with Crippen molar-refractivity contribution in [1.82, 2.24) is 5.32 Å². The van der Waals surface area contributed by atoms with Crippen molar-refractivity contribution in [2.75, 3.05) is 0 Å². The number of carbonyl (C=O) groups excluding carboxylic acids is 1. The molecule has 1 saturated carbocycles. The zero-order valence-electron chi connectivity index (χ0n) is 11.8. The average Bonchev–Trinajstić information content (AvgIpc) is 2.87. The summed E-state index contributed by atoms with van der Waals surface area (Å²) in [7, 11) is 0. The molecule has 0 unspecified atom stereocenters. The number of aryl methyl sites for hydroxylation is 1. The van der Waals surface area contributed by atoms with Crippen LogP contribution in [0.5, 0.6) is 0 Å². The van der Waals surface area contributed by atoms with E-state index in [1.165, 1.54) is 5.56 Å². The van der Waals surface area contributed by atoms with Crippen LogP contribution in [0, 0.1) is 5.92 Å². The minimum Gasteiger partial charge on any atom is -0.481 e. The summed E-state index contributed by atoms with van der Waals surface area (Å²) >= 11 is 0. The van der Waals surface area contributed by atoms with E-state index in [0.29, 0.717) is 19.3 Å². The van der Waals surface area contributed by atoms with E-state index in [9.17, 15) is 9.59 Å². The van der Waals surface area contributed by atoms with Crippen LogP contribution in [0.2, 0.25) is 0 Å². The Hall–Kier alpha value is -1.84. The maximum atomic E-state index is 12.0. The zero-order chi connectivity index (χ0) is 14.5. The summed E-state index contributed by atoms with van der Waals surface area (Å²) in [5, 5.41) is 11.9. The summed E-state index contributed by atoms with van der Waals surface area (Å²) in [5.41, 5.74) is 2.23. The third-order valence-corrected chi connectivity index (χ3v) is 3.91. The lowest BCUT2D eigenvalue weighted by Crippen LogP contribution is -2.34. The van der Waals surface area contributed by atoms with Gasteiger partial charge in [0.1, 0.15) is 0 Å². The number of amides is 1. The molecule has 0 aromatic heterocycles. The van der Waals surface area contributed by atoms with Gasteiger partial charge in [-0.2, -0.15) is 0 Å². The van der Waals surface area contributed by atoms with Crippen LogP contribution >= 0.6 is 0 Å². The van der Waals surface area contributed by atoms with Crippen LogP contribution < -0.4 is 5.32 Å². The molecule has 4 heteroatoms. The lowest BCUT2D eigenvalue weighted by molar-refractivity contribution is -0.141. The van der Waals surface area contributed by atoms with Crippen LogP contribution in [0.25, 0.3) is 0 Å². The second kappa shape index (κ2) is 6.55. The van der Waals surface area contributed by atoms with Crippen LogP contribution in [0.3, 0.4) is 0 Å². The fourth-order valence-electron chi connectivity index (χ4n) is 2.76. The molecule has 20 heavy (non-hydrogen) atoms. The number of carboxylic acid groups (broad SMARTS) is 1. The lowest BCUT2D eigenvalue weighted by atomic mass is 10.1. The van der Waals surface area contributed by atoms with Gasteiger partial charge in [-0.25, -0.2) is 0 Å². The Morgan fingerprint density at radius 2 is 2.05 bits per heavy atom. The molecule has 2 atom stereocenters. The Morgan fingerprint density at radius 1 is 1.30 bits per heavy atom. The molecule has 1 aliphatic rings. The molecule has 1 fully saturated rings. The Kier molecular flexibility index (Phi) is 4.77. The van der Waals surface area contributed by atoms with Crippen molar-refractivity contribution in [3.05, 3.63) is 35.4 Å². The zero-order valence-corrected chi connectivity index (χ0v) is 11.8. The highest BCUT2D eigenvalue weighted by molar-refractivity contribution is 5.79. The van der Waals surface area contributed by atoms with Crippen LogP contribution in [-0.2, 0) is 22.4 Å². The van der Waals surface area contributed by atoms with E-state index in [-0.39, 0.29) is 17.9 Å². The normalized spacial score (nSPS) is 21.6. The molecule has 108 valence electrons. The SMILES string of the molecule is CCc1cccc(CC(=O)N[C@@H]2CC[C@H](C(=O)O)C2)c1. The number of aliphatic carboxylic acids is 1. The van der Waals surface area contributed by atoms with Gasteiger partial charge < -0.3 is 10.4 Å². The minimum atomic E-state index is -0.752. The third kappa shape index (κ3) is 3.83. The van der Waals surface area contributed by atoms with Gasteiger partial charge in [-0.05, 0) is 36.8 Å². The van der Waals surface area contributed by atoms with E-state index in [2.05, 4.69) is 18.3 Å². The summed E-state index contributed by atoms with van der Waals surface area (Å²) < 4.78 is 0. The Balaban J connectivity index is 1.85. The van der Waals surface area contributed by atoms with Crippen LogP contribution in [0.1, 0.15) is 37.3 Å². The smallest absolute Gasteiger partial charge is 0.306 e. The van der Waals surface area contributed by atoms with Crippen molar-refractivity contribution in [2.45, 2.75) is 45.1 Å². The van der Waals surface area contributed by atoms with Crippen molar-refractivity contribution in [3.63, 3.8) is 0 Å². The van der Waals surface area contributed by atoms with Gasteiger partial charge in [0, 0.05) is 6.04 Å². The molecule has 0 saturated heterocycles. The van der Waals surface area contributed by atoms with Gasteiger partial charge in [0.25, 0.3) is 0 Å². The molecule has 1 amide bonds. The highest BCUT2D eigenvalue weighted by atomic mass is 16.4. The van der Waals surface area contributed by atoms with Gasteiger partial charge in [0.2, 0.25) is 5.91 Å². The van der Waals surface area contributed by atoms with Crippen molar-refractivity contribution < 1.29 is 14.7 Å². The van der Waals surface area contributed by atoms with Gasteiger partial charge in [0.05, 0.1) is 12.3 Å². The quantitative estimate of drug-likeness (QED) is 0.865. The summed E-state index contributed by atoms with van der Waals surface area (Å²) in [5.74, 6) is -1.07. The van der Waals surface area contributed by atoms with Crippen molar-refractivity contribution in [1.29, 1.82) is 0 Å².